The van der Waals surface area contributed by atoms with Gasteiger partial charge in [-0.05, 0) is 6.42 Å². The first-order chi connectivity index (χ1) is 10.8. The summed E-state index contributed by atoms with van der Waals surface area (Å²) in [5.41, 5.74) is 0. The average Bonchev–Trinajstić information content (AvgIpc) is 2.46. The zero-order valence-electron chi connectivity index (χ0n) is 14.0. The van der Waals surface area contributed by atoms with Crippen LogP contribution in [0, 0.1) is 0 Å². The molecule has 136 valence electrons. The number of hydrogen-bond donors (Lipinski definition) is 2. The van der Waals surface area contributed by atoms with E-state index in [1.807, 2.05) is 0 Å². The molecule has 0 amide bonds. The van der Waals surface area contributed by atoms with Gasteiger partial charge in [-0.3, -0.25) is 9.59 Å². The highest BCUT2D eigenvalue weighted by Crippen LogP contribution is 2.14. The molecule has 0 aromatic rings. The number of aliphatic carboxylic acids is 2. The molecule has 0 aliphatic rings. The number of rotatable bonds is 15. The van der Waals surface area contributed by atoms with Crippen LogP contribution in [-0.2, 0) is 19.4 Å². The van der Waals surface area contributed by atoms with E-state index in [2.05, 4.69) is 6.92 Å². The van der Waals surface area contributed by atoms with Crippen LogP contribution < -0.4 is 0 Å². The van der Waals surface area contributed by atoms with Crippen LogP contribution in [0.1, 0.15) is 77.6 Å². The lowest BCUT2D eigenvalue weighted by atomic mass is 10.1. The van der Waals surface area contributed by atoms with Crippen LogP contribution in [0.2, 0.25) is 0 Å². The van der Waals surface area contributed by atoms with E-state index in [0.717, 1.165) is 25.7 Å². The summed E-state index contributed by atoms with van der Waals surface area (Å²) in [6, 6.07) is 0. The summed E-state index contributed by atoms with van der Waals surface area (Å²) in [5.74, 6) is -3.25. The maximum absolute atomic E-state index is 11.9. The monoisotopic (exact) mass is 350 g/mol. The summed E-state index contributed by atoms with van der Waals surface area (Å²) < 4.78 is 23.8. The molecule has 0 radical (unpaired) electrons. The molecule has 0 aliphatic carbocycles. The number of carboxylic acid groups (broad SMARTS) is 2. The maximum Gasteiger partial charge on any atom is 0.322 e. The fourth-order valence-electron chi connectivity index (χ4n) is 2.46. The predicted molar refractivity (Wildman–Crippen MR) is 89.3 cm³/mol. The predicted octanol–water partition coefficient (Wildman–Crippen LogP) is 3.25. The Balaban J connectivity index is 3.88. The Hall–Kier alpha value is -1.11. The Morgan fingerprint density at radius 3 is 1.65 bits per heavy atom. The van der Waals surface area contributed by atoms with Gasteiger partial charge in [0.05, 0.1) is 12.2 Å². The lowest BCUT2D eigenvalue weighted by molar-refractivity contribution is -0.143. The molecule has 0 aliphatic heterocycles. The second kappa shape index (κ2) is 12.3. The van der Waals surface area contributed by atoms with E-state index in [1.165, 1.54) is 32.1 Å². The summed E-state index contributed by atoms with van der Waals surface area (Å²) in [6.07, 6.45) is 9.61. The molecule has 0 heterocycles. The quantitative estimate of drug-likeness (QED) is 0.439. The minimum atomic E-state index is -3.90. The van der Waals surface area contributed by atoms with Crippen LogP contribution in [0.4, 0.5) is 0 Å². The van der Waals surface area contributed by atoms with E-state index >= 15 is 0 Å². The highest BCUT2D eigenvalue weighted by molar-refractivity contribution is 7.92. The summed E-state index contributed by atoms with van der Waals surface area (Å²) in [5, 5.41) is 15.7. The Morgan fingerprint density at radius 1 is 0.826 bits per heavy atom. The number of hydrogen-bond acceptors (Lipinski definition) is 4. The smallest absolute Gasteiger partial charge is 0.322 e. The largest absolute Gasteiger partial charge is 0.481 e. The van der Waals surface area contributed by atoms with Crippen LogP contribution in [0.5, 0.6) is 0 Å². The van der Waals surface area contributed by atoms with Gasteiger partial charge in [0.2, 0.25) is 0 Å². The van der Waals surface area contributed by atoms with Gasteiger partial charge in [0, 0.05) is 0 Å². The lowest BCUT2D eigenvalue weighted by Crippen LogP contribution is -2.34. The minimum absolute atomic E-state index is 0.256. The fourth-order valence-corrected chi connectivity index (χ4v) is 4.05. The summed E-state index contributed by atoms with van der Waals surface area (Å²) >= 11 is 0. The van der Waals surface area contributed by atoms with Crippen molar-refractivity contribution in [1.82, 2.24) is 0 Å². The summed E-state index contributed by atoms with van der Waals surface area (Å²) in [6.45, 7) is 2.18. The number of carbonyl (C=O) groups is 2. The van der Waals surface area contributed by atoms with Crippen LogP contribution in [0.3, 0.4) is 0 Å². The number of unbranched alkanes of at least 4 members (excludes halogenated alkanes) is 9. The van der Waals surface area contributed by atoms with E-state index in [9.17, 15) is 18.0 Å². The van der Waals surface area contributed by atoms with Gasteiger partial charge in [-0.15, -0.1) is 0 Å². The molecular weight excluding hydrogens is 320 g/mol. The molecule has 0 spiro atoms. The average molecular weight is 350 g/mol. The zero-order valence-corrected chi connectivity index (χ0v) is 14.8. The Kier molecular flexibility index (Phi) is 11.7. The standard InChI is InChI=1S/C16H30O6S/c1-2-3-4-5-6-7-8-9-10-11-12-23(21,22)14(16(19)20)13-15(17)18/h14H,2-13H2,1H3,(H,17,18)(H,19,20). The molecule has 0 bridgehead atoms. The highest BCUT2D eigenvalue weighted by Gasteiger charge is 2.33. The molecule has 0 fully saturated rings. The summed E-state index contributed by atoms with van der Waals surface area (Å²) in [4.78, 5) is 21.5. The molecule has 23 heavy (non-hydrogen) atoms. The third-order valence-corrected chi connectivity index (χ3v) is 5.94. The Morgan fingerprint density at radius 2 is 1.26 bits per heavy atom. The first-order valence-electron chi connectivity index (χ1n) is 8.47. The normalized spacial score (nSPS) is 12.9. The van der Waals surface area contributed by atoms with E-state index in [0.29, 0.717) is 6.42 Å². The Bertz CT molecular complexity index is 443. The van der Waals surface area contributed by atoms with Gasteiger partial charge in [-0.2, -0.15) is 0 Å². The third-order valence-electron chi connectivity index (χ3n) is 3.85. The molecule has 0 saturated heterocycles. The molecule has 2 N–H and O–H groups in total. The Labute approximate surface area is 139 Å². The molecule has 0 saturated carbocycles. The van der Waals surface area contributed by atoms with E-state index in [4.69, 9.17) is 10.2 Å². The van der Waals surface area contributed by atoms with Crippen molar-refractivity contribution >= 4 is 21.8 Å². The van der Waals surface area contributed by atoms with Crippen molar-refractivity contribution in [2.45, 2.75) is 82.8 Å². The van der Waals surface area contributed by atoms with Crippen LogP contribution in [0.25, 0.3) is 0 Å². The van der Waals surface area contributed by atoms with Crippen LogP contribution in [0.15, 0.2) is 0 Å². The molecule has 0 aromatic carbocycles. The van der Waals surface area contributed by atoms with Crippen molar-refractivity contribution in [3.63, 3.8) is 0 Å². The van der Waals surface area contributed by atoms with Gasteiger partial charge in [-0.1, -0.05) is 64.7 Å². The van der Waals surface area contributed by atoms with Gasteiger partial charge >= 0.3 is 11.9 Å². The highest BCUT2D eigenvalue weighted by atomic mass is 32.2. The number of carboxylic acids is 2. The second-order valence-corrected chi connectivity index (χ2v) is 8.28. The van der Waals surface area contributed by atoms with Crippen LogP contribution >= 0.6 is 0 Å². The van der Waals surface area contributed by atoms with E-state index in [1.54, 1.807) is 0 Å². The first-order valence-corrected chi connectivity index (χ1v) is 10.2. The minimum Gasteiger partial charge on any atom is -0.481 e. The number of sulfone groups is 1. The van der Waals surface area contributed by atoms with Crippen molar-refractivity contribution in [3.8, 4) is 0 Å². The summed E-state index contributed by atoms with van der Waals surface area (Å²) in [7, 11) is -3.90. The third kappa shape index (κ3) is 11.1. The van der Waals surface area contributed by atoms with Crippen molar-refractivity contribution in [1.29, 1.82) is 0 Å². The maximum atomic E-state index is 11.9. The fraction of sp³-hybridized carbons (Fsp3) is 0.875. The zero-order chi connectivity index (χ0) is 17.7. The van der Waals surface area contributed by atoms with Gasteiger partial charge < -0.3 is 10.2 Å². The van der Waals surface area contributed by atoms with E-state index in [-0.39, 0.29) is 5.75 Å². The van der Waals surface area contributed by atoms with Gasteiger partial charge in [0.15, 0.2) is 15.1 Å². The molecule has 6 nitrogen and oxygen atoms in total. The molecule has 0 aromatic heterocycles. The molecule has 7 heteroatoms. The van der Waals surface area contributed by atoms with Crippen molar-refractivity contribution < 1.29 is 28.2 Å². The SMILES string of the molecule is CCCCCCCCCCCCS(=O)(=O)C(CC(=O)O)C(=O)O. The van der Waals surface area contributed by atoms with Gasteiger partial charge in [-0.25, -0.2) is 8.42 Å². The molecular formula is C16H30O6S. The second-order valence-electron chi connectivity index (χ2n) is 5.97. The van der Waals surface area contributed by atoms with Gasteiger partial charge in [0.1, 0.15) is 0 Å². The molecule has 0 rings (SSSR count). The lowest BCUT2D eigenvalue weighted by Gasteiger charge is -2.11. The van der Waals surface area contributed by atoms with Gasteiger partial charge in [0.25, 0.3) is 0 Å². The van der Waals surface area contributed by atoms with Crippen molar-refractivity contribution in [2.24, 2.45) is 0 Å². The molecule has 1 unspecified atom stereocenters. The topological polar surface area (TPSA) is 109 Å². The molecule has 1 atom stereocenters. The van der Waals surface area contributed by atoms with Crippen molar-refractivity contribution in [2.75, 3.05) is 5.75 Å². The first kappa shape index (κ1) is 21.9. The van der Waals surface area contributed by atoms with Crippen molar-refractivity contribution in [3.05, 3.63) is 0 Å². The van der Waals surface area contributed by atoms with E-state index < -0.39 is 33.4 Å². The van der Waals surface area contributed by atoms with Crippen LogP contribution in [-0.4, -0.2) is 41.6 Å².